The van der Waals surface area contributed by atoms with E-state index in [1.807, 2.05) is 62.6 Å². The van der Waals surface area contributed by atoms with Crippen LogP contribution in [0.25, 0.3) is 16.7 Å². The molecule has 0 saturated heterocycles. The molecule has 0 atom stereocenters. The summed E-state index contributed by atoms with van der Waals surface area (Å²) in [4.78, 5) is 15.4. The number of fused-ring (bicyclic) bond motifs is 1. The monoisotopic (exact) mass is 323 g/mol. The predicted octanol–water partition coefficient (Wildman–Crippen LogP) is 2.54. The van der Waals surface area contributed by atoms with Gasteiger partial charge >= 0.3 is 0 Å². The molecule has 0 aliphatic rings. The number of aryl methyl sites for hydroxylation is 3. The van der Waals surface area contributed by atoms with Crippen LogP contribution in [0.4, 0.5) is 11.5 Å². The summed E-state index contributed by atoms with van der Waals surface area (Å²) < 4.78 is 1.85. The van der Waals surface area contributed by atoms with E-state index in [0.29, 0.717) is 11.6 Å². The van der Waals surface area contributed by atoms with Crippen molar-refractivity contribution in [2.75, 3.05) is 19.8 Å². The average molecular weight is 323 g/mol. The number of hydrogen-bond donors (Lipinski definition) is 1. The van der Waals surface area contributed by atoms with Gasteiger partial charge in [0, 0.05) is 19.8 Å². The quantitative estimate of drug-likeness (QED) is 0.455. The van der Waals surface area contributed by atoms with E-state index >= 15 is 0 Å². The number of hydrogen-bond acceptors (Lipinski definition) is 5. The van der Waals surface area contributed by atoms with Crippen molar-refractivity contribution in [1.82, 2.24) is 24.6 Å². The molecule has 7 heteroatoms. The summed E-state index contributed by atoms with van der Waals surface area (Å²) in [6, 6.07) is 5.74. The van der Waals surface area contributed by atoms with Crippen LogP contribution in [-0.2, 0) is 0 Å². The molecule has 0 unspecified atom stereocenters. The first kappa shape index (κ1) is 15.9. The van der Waals surface area contributed by atoms with Crippen LogP contribution in [0.3, 0.4) is 0 Å². The van der Waals surface area contributed by atoms with E-state index in [-0.39, 0.29) is 0 Å². The summed E-state index contributed by atoms with van der Waals surface area (Å²) in [5, 5.41) is 4.67. The van der Waals surface area contributed by atoms with Crippen molar-refractivity contribution in [2.24, 2.45) is 4.99 Å². The van der Waals surface area contributed by atoms with Crippen LogP contribution in [0.15, 0.2) is 23.2 Å². The minimum absolute atomic E-state index is 0.600. The van der Waals surface area contributed by atoms with Gasteiger partial charge in [0.15, 0.2) is 5.82 Å². The second-order valence-corrected chi connectivity index (χ2v) is 6.04. The van der Waals surface area contributed by atoms with Crippen molar-refractivity contribution in [2.45, 2.75) is 20.8 Å². The third-order valence-electron chi connectivity index (χ3n) is 3.64. The smallest absolute Gasteiger partial charge is 0.183 e. The molecule has 0 fully saturated rings. The molecule has 2 heterocycles. The highest BCUT2D eigenvalue weighted by atomic mass is 15.3. The Hall–Kier alpha value is -2.96. The van der Waals surface area contributed by atoms with Gasteiger partial charge in [-0.1, -0.05) is 0 Å². The Bertz CT molecular complexity index is 938. The van der Waals surface area contributed by atoms with Crippen molar-refractivity contribution in [3.63, 3.8) is 0 Å². The molecule has 2 aromatic heterocycles. The Kier molecular flexibility index (Phi) is 3.92. The average Bonchev–Trinajstić information content (AvgIpc) is 2.82. The van der Waals surface area contributed by atoms with Crippen LogP contribution >= 0.6 is 0 Å². The Morgan fingerprint density at radius 1 is 1.17 bits per heavy atom. The molecule has 7 nitrogen and oxygen atoms in total. The van der Waals surface area contributed by atoms with E-state index < -0.39 is 0 Å². The van der Waals surface area contributed by atoms with Gasteiger partial charge < -0.3 is 10.6 Å². The predicted molar refractivity (Wildman–Crippen MR) is 97.1 cm³/mol. The maximum absolute atomic E-state index is 5.87. The van der Waals surface area contributed by atoms with Crippen molar-refractivity contribution in [1.29, 1.82) is 0 Å². The highest BCUT2D eigenvalue weighted by molar-refractivity contribution is 5.89. The number of aromatic nitrogens is 4. The summed E-state index contributed by atoms with van der Waals surface area (Å²) in [6.45, 7) is 5.81. The molecule has 3 aromatic rings. The van der Waals surface area contributed by atoms with Crippen molar-refractivity contribution in [3.05, 3.63) is 35.3 Å². The summed E-state index contributed by atoms with van der Waals surface area (Å²) in [5.41, 5.74) is 11.0. The van der Waals surface area contributed by atoms with E-state index in [0.717, 1.165) is 33.7 Å². The SMILES string of the molecule is Cc1nc(/N=C/N(C)C)c2c(n1)c(C)nn2-c1ccc(N)cc1C. The summed E-state index contributed by atoms with van der Waals surface area (Å²) in [6.07, 6.45) is 1.73. The first-order chi connectivity index (χ1) is 11.4. The van der Waals surface area contributed by atoms with Crippen LogP contribution in [0, 0.1) is 20.8 Å². The number of nitrogens with zero attached hydrogens (tertiary/aromatic N) is 6. The largest absolute Gasteiger partial charge is 0.399 e. The van der Waals surface area contributed by atoms with Gasteiger partial charge in [0.25, 0.3) is 0 Å². The lowest BCUT2D eigenvalue weighted by atomic mass is 10.2. The molecule has 0 radical (unpaired) electrons. The lowest BCUT2D eigenvalue weighted by Gasteiger charge is -2.10. The van der Waals surface area contributed by atoms with Gasteiger partial charge in [-0.3, -0.25) is 0 Å². The van der Waals surface area contributed by atoms with Crippen molar-refractivity contribution >= 4 is 28.9 Å². The number of anilines is 1. The molecule has 0 aliphatic carbocycles. The highest BCUT2D eigenvalue weighted by Gasteiger charge is 2.17. The van der Waals surface area contributed by atoms with Crippen LogP contribution < -0.4 is 5.73 Å². The lowest BCUT2D eigenvalue weighted by Crippen LogP contribution is -2.07. The molecule has 0 amide bonds. The standard InChI is InChI=1S/C17H21N7/c1-10-8-13(18)6-7-14(10)24-16-15(11(2)22-24)20-12(3)21-17(16)19-9-23(4)5/h6-9H,18H2,1-5H3/b19-9+. The maximum atomic E-state index is 5.87. The Morgan fingerprint density at radius 2 is 1.92 bits per heavy atom. The van der Waals surface area contributed by atoms with E-state index in [4.69, 9.17) is 5.73 Å². The first-order valence-corrected chi connectivity index (χ1v) is 7.68. The fourth-order valence-electron chi connectivity index (χ4n) is 2.60. The Labute approximate surface area is 140 Å². The molecule has 0 saturated carbocycles. The minimum Gasteiger partial charge on any atom is -0.399 e. The minimum atomic E-state index is 0.600. The maximum Gasteiger partial charge on any atom is 0.183 e. The van der Waals surface area contributed by atoms with Crippen LogP contribution in [-0.4, -0.2) is 45.1 Å². The third kappa shape index (κ3) is 2.80. The van der Waals surface area contributed by atoms with Gasteiger partial charge in [0.1, 0.15) is 16.9 Å². The number of nitrogens with two attached hydrogens (primary N) is 1. The second kappa shape index (κ2) is 5.92. The van der Waals surface area contributed by atoms with Gasteiger partial charge in [-0.2, -0.15) is 5.10 Å². The van der Waals surface area contributed by atoms with Gasteiger partial charge in [-0.05, 0) is 44.5 Å². The second-order valence-electron chi connectivity index (χ2n) is 6.04. The Balaban J connectivity index is 2.33. The highest BCUT2D eigenvalue weighted by Crippen LogP contribution is 2.29. The molecular formula is C17H21N7. The number of rotatable bonds is 3. The molecule has 1 aromatic carbocycles. The van der Waals surface area contributed by atoms with Crippen LogP contribution in [0.1, 0.15) is 17.1 Å². The fraction of sp³-hybridized carbons (Fsp3) is 0.294. The van der Waals surface area contributed by atoms with Gasteiger partial charge in [0.05, 0.1) is 17.7 Å². The van der Waals surface area contributed by atoms with E-state index in [9.17, 15) is 0 Å². The zero-order valence-corrected chi connectivity index (χ0v) is 14.6. The molecule has 0 bridgehead atoms. The van der Waals surface area contributed by atoms with E-state index in [1.165, 1.54) is 0 Å². The number of aliphatic imine (C=N–C) groups is 1. The molecule has 0 aliphatic heterocycles. The Morgan fingerprint density at radius 3 is 2.58 bits per heavy atom. The zero-order valence-electron chi connectivity index (χ0n) is 14.6. The topological polar surface area (TPSA) is 85.2 Å². The van der Waals surface area contributed by atoms with Gasteiger partial charge in [0.2, 0.25) is 0 Å². The molecule has 2 N–H and O–H groups in total. The summed E-state index contributed by atoms with van der Waals surface area (Å²) in [7, 11) is 3.84. The zero-order chi connectivity index (χ0) is 17.4. The number of benzene rings is 1. The van der Waals surface area contributed by atoms with E-state index in [2.05, 4.69) is 20.1 Å². The third-order valence-corrected chi connectivity index (χ3v) is 3.64. The molecule has 3 rings (SSSR count). The molecule has 0 spiro atoms. The summed E-state index contributed by atoms with van der Waals surface area (Å²) in [5.74, 6) is 1.27. The number of nitrogen functional groups attached to an aromatic ring is 1. The molecular weight excluding hydrogens is 302 g/mol. The first-order valence-electron chi connectivity index (χ1n) is 7.68. The fourth-order valence-corrected chi connectivity index (χ4v) is 2.60. The lowest BCUT2D eigenvalue weighted by molar-refractivity contribution is 0.643. The van der Waals surface area contributed by atoms with Crippen molar-refractivity contribution in [3.8, 4) is 5.69 Å². The summed E-state index contributed by atoms with van der Waals surface area (Å²) >= 11 is 0. The molecule has 24 heavy (non-hydrogen) atoms. The van der Waals surface area contributed by atoms with Gasteiger partial charge in [-0.25, -0.2) is 19.6 Å². The molecule has 124 valence electrons. The van der Waals surface area contributed by atoms with E-state index in [1.54, 1.807) is 6.34 Å². The van der Waals surface area contributed by atoms with Gasteiger partial charge in [-0.15, -0.1) is 0 Å². The van der Waals surface area contributed by atoms with Crippen molar-refractivity contribution < 1.29 is 0 Å². The van der Waals surface area contributed by atoms with Crippen LogP contribution in [0.5, 0.6) is 0 Å². The van der Waals surface area contributed by atoms with Crippen LogP contribution in [0.2, 0.25) is 0 Å². The normalized spacial score (nSPS) is 11.5.